The number of nitrogens with zero attached hydrogens (tertiary/aromatic N) is 4. The van der Waals surface area contributed by atoms with Gasteiger partial charge in [-0.25, -0.2) is 4.98 Å². The van der Waals surface area contributed by atoms with Crippen LogP contribution in [0.2, 0.25) is 5.02 Å². The van der Waals surface area contributed by atoms with Crippen molar-refractivity contribution in [2.24, 2.45) is 0 Å². The van der Waals surface area contributed by atoms with E-state index >= 15 is 0 Å². The van der Waals surface area contributed by atoms with E-state index < -0.39 is 0 Å². The molecule has 3 aromatic carbocycles. The van der Waals surface area contributed by atoms with Crippen molar-refractivity contribution in [1.29, 1.82) is 0 Å². The number of halogens is 1. The van der Waals surface area contributed by atoms with Gasteiger partial charge in [0.15, 0.2) is 5.16 Å². The summed E-state index contributed by atoms with van der Waals surface area (Å²) in [6.45, 7) is 0.430. The molecule has 0 aliphatic carbocycles. The molecule has 32 heavy (non-hydrogen) atoms. The van der Waals surface area contributed by atoms with Gasteiger partial charge in [-0.3, -0.25) is 9.36 Å². The summed E-state index contributed by atoms with van der Waals surface area (Å²) < 4.78 is 7.50. The number of thioether (sulfide) groups is 1. The number of fused-ring (bicyclic) bond motifs is 1. The molecular formula is C24H17ClN4O2S. The Morgan fingerprint density at radius 2 is 1.66 bits per heavy atom. The minimum Gasteiger partial charge on any atom is -0.420 e. The molecule has 0 aliphatic heterocycles. The Balaban J connectivity index is 1.45. The fraction of sp³-hybridized carbons (Fsp3) is 0.0833. The van der Waals surface area contributed by atoms with Crippen molar-refractivity contribution in [3.63, 3.8) is 0 Å². The van der Waals surface area contributed by atoms with E-state index in [9.17, 15) is 4.79 Å². The summed E-state index contributed by atoms with van der Waals surface area (Å²) in [5.74, 6) is 1.26. The van der Waals surface area contributed by atoms with Gasteiger partial charge >= 0.3 is 0 Å². The monoisotopic (exact) mass is 460 g/mol. The minimum absolute atomic E-state index is 0.0747. The van der Waals surface area contributed by atoms with Crippen LogP contribution in [-0.4, -0.2) is 19.7 Å². The fourth-order valence-electron chi connectivity index (χ4n) is 3.31. The molecule has 0 N–H and O–H groups in total. The van der Waals surface area contributed by atoms with E-state index in [1.165, 1.54) is 11.8 Å². The highest BCUT2D eigenvalue weighted by atomic mass is 35.5. The van der Waals surface area contributed by atoms with Gasteiger partial charge in [0.1, 0.15) is 0 Å². The predicted octanol–water partition coefficient (Wildman–Crippen LogP) is 5.44. The molecule has 8 heteroatoms. The maximum Gasteiger partial charge on any atom is 0.262 e. The molecule has 0 spiro atoms. The Kier molecular flexibility index (Phi) is 5.75. The van der Waals surface area contributed by atoms with Crippen LogP contribution in [0.15, 0.2) is 93.2 Å². The third kappa shape index (κ3) is 4.30. The summed E-state index contributed by atoms with van der Waals surface area (Å²) in [5, 5.41) is 10.1. The van der Waals surface area contributed by atoms with Crippen molar-refractivity contribution in [2.75, 3.05) is 0 Å². The molecule has 158 valence electrons. The van der Waals surface area contributed by atoms with Crippen LogP contribution < -0.4 is 5.56 Å². The van der Waals surface area contributed by atoms with Gasteiger partial charge in [-0.2, -0.15) is 0 Å². The van der Waals surface area contributed by atoms with Gasteiger partial charge in [-0.15, -0.1) is 10.2 Å². The fourth-order valence-corrected chi connectivity index (χ4v) is 4.27. The molecule has 0 amide bonds. The molecule has 0 atom stereocenters. The molecular weight excluding hydrogens is 444 g/mol. The van der Waals surface area contributed by atoms with Gasteiger partial charge in [0.05, 0.1) is 23.2 Å². The zero-order chi connectivity index (χ0) is 21.9. The zero-order valence-corrected chi connectivity index (χ0v) is 18.4. The smallest absolute Gasteiger partial charge is 0.262 e. The molecule has 2 aromatic heterocycles. The van der Waals surface area contributed by atoms with Crippen LogP contribution in [0.25, 0.3) is 22.4 Å². The van der Waals surface area contributed by atoms with Crippen molar-refractivity contribution in [3.8, 4) is 11.5 Å². The molecule has 6 nitrogen and oxygen atoms in total. The van der Waals surface area contributed by atoms with Crippen molar-refractivity contribution >= 4 is 34.3 Å². The van der Waals surface area contributed by atoms with E-state index in [4.69, 9.17) is 21.0 Å². The summed E-state index contributed by atoms with van der Waals surface area (Å²) in [6.07, 6.45) is 0. The number of hydrogen-bond donors (Lipinski definition) is 0. The second kappa shape index (κ2) is 8.98. The van der Waals surface area contributed by atoms with E-state index in [1.54, 1.807) is 22.8 Å². The highest BCUT2D eigenvalue weighted by molar-refractivity contribution is 7.98. The summed E-state index contributed by atoms with van der Waals surface area (Å²) in [4.78, 5) is 18.0. The van der Waals surface area contributed by atoms with Crippen LogP contribution in [0.1, 0.15) is 11.5 Å². The predicted molar refractivity (Wildman–Crippen MR) is 126 cm³/mol. The molecule has 0 bridgehead atoms. The molecule has 0 aliphatic rings. The van der Waals surface area contributed by atoms with Crippen LogP contribution >= 0.6 is 23.4 Å². The lowest BCUT2D eigenvalue weighted by Crippen LogP contribution is -2.24. The van der Waals surface area contributed by atoms with Crippen LogP contribution in [-0.2, 0) is 12.3 Å². The summed E-state index contributed by atoms with van der Waals surface area (Å²) in [5.41, 5.74) is 2.41. The average molecular weight is 461 g/mol. The van der Waals surface area contributed by atoms with Crippen molar-refractivity contribution in [2.45, 2.75) is 17.5 Å². The van der Waals surface area contributed by atoms with Crippen molar-refractivity contribution in [1.82, 2.24) is 19.7 Å². The topological polar surface area (TPSA) is 73.8 Å². The molecule has 0 unspecified atom stereocenters. The van der Waals surface area contributed by atoms with E-state index in [2.05, 4.69) is 10.2 Å². The normalized spacial score (nSPS) is 11.2. The Labute approximate surface area is 192 Å². The lowest BCUT2D eigenvalue weighted by Gasteiger charge is -2.12. The van der Waals surface area contributed by atoms with E-state index in [-0.39, 0.29) is 5.56 Å². The number of hydrogen-bond acceptors (Lipinski definition) is 6. The Hall–Kier alpha value is -3.42. The van der Waals surface area contributed by atoms with Crippen LogP contribution in [0, 0.1) is 0 Å². The lowest BCUT2D eigenvalue weighted by atomic mass is 10.2. The Bertz CT molecular complexity index is 1430. The molecule has 5 rings (SSSR count). The molecule has 0 fully saturated rings. The standard InChI is InChI=1S/C24H17ClN4O2S/c25-18-12-10-17(11-13-18)22-28-27-21(31-22)15-32-24-26-20-9-5-4-8-19(20)23(30)29(24)14-16-6-2-1-3-7-16/h1-13H,14-15H2. The molecule has 5 aromatic rings. The van der Waals surface area contributed by atoms with E-state index in [1.807, 2.05) is 60.7 Å². The molecule has 2 heterocycles. The maximum absolute atomic E-state index is 13.2. The zero-order valence-electron chi connectivity index (χ0n) is 16.8. The maximum atomic E-state index is 13.2. The first-order chi connectivity index (χ1) is 15.7. The molecule has 0 saturated heterocycles. The van der Waals surface area contributed by atoms with Gasteiger partial charge < -0.3 is 4.42 Å². The summed E-state index contributed by atoms with van der Waals surface area (Å²) in [7, 11) is 0. The van der Waals surface area contributed by atoms with Crippen LogP contribution in [0.4, 0.5) is 0 Å². The highest BCUT2D eigenvalue weighted by Gasteiger charge is 2.15. The van der Waals surface area contributed by atoms with Crippen LogP contribution in [0.3, 0.4) is 0 Å². The summed E-state index contributed by atoms with van der Waals surface area (Å²) >= 11 is 7.34. The minimum atomic E-state index is -0.0747. The number of rotatable bonds is 6. The Morgan fingerprint density at radius 3 is 2.47 bits per heavy atom. The van der Waals surface area contributed by atoms with E-state index in [0.29, 0.717) is 45.2 Å². The van der Waals surface area contributed by atoms with Gasteiger partial charge in [0, 0.05) is 10.6 Å². The van der Waals surface area contributed by atoms with Crippen LogP contribution in [0.5, 0.6) is 0 Å². The lowest BCUT2D eigenvalue weighted by molar-refractivity contribution is 0.528. The highest BCUT2D eigenvalue weighted by Crippen LogP contribution is 2.25. The largest absolute Gasteiger partial charge is 0.420 e. The number of aromatic nitrogens is 4. The number of para-hydroxylation sites is 1. The van der Waals surface area contributed by atoms with Gasteiger partial charge in [0.2, 0.25) is 11.8 Å². The first kappa shape index (κ1) is 20.5. The van der Waals surface area contributed by atoms with Gasteiger partial charge in [-0.1, -0.05) is 65.8 Å². The average Bonchev–Trinajstić information content (AvgIpc) is 3.30. The van der Waals surface area contributed by atoms with Gasteiger partial charge in [-0.05, 0) is 42.0 Å². The van der Waals surface area contributed by atoms with E-state index in [0.717, 1.165) is 11.1 Å². The Morgan fingerprint density at radius 1 is 0.906 bits per heavy atom. The van der Waals surface area contributed by atoms with Gasteiger partial charge in [0.25, 0.3) is 5.56 Å². The second-order valence-electron chi connectivity index (χ2n) is 7.08. The van der Waals surface area contributed by atoms with Crippen molar-refractivity contribution < 1.29 is 4.42 Å². The molecule has 0 saturated carbocycles. The number of benzene rings is 3. The summed E-state index contributed by atoms with van der Waals surface area (Å²) in [6, 6.07) is 24.4. The SMILES string of the molecule is O=c1c2ccccc2nc(SCc2nnc(-c3ccc(Cl)cc3)o2)n1Cc1ccccc1. The third-order valence-electron chi connectivity index (χ3n) is 4.89. The quantitative estimate of drug-likeness (QED) is 0.248. The molecule has 0 radical (unpaired) electrons. The first-order valence-corrected chi connectivity index (χ1v) is 11.3. The third-order valence-corrected chi connectivity index (χ3v) is 6.11. The van der Waals surface area contributed by atoms with Crippen molar-refractivity contribution in [3.05, 3.63) is 106 Å². The first-order valence-electron chi connectivity index (χ1n) is 9.92. The second-order valence-corrected chi connectivity index (χ2v) is 8.46.